The molecule has 0 saturated carbocycles. The van der Waals surface area contributed by atoms with Crippen LogP contribution in [-0.2, 0) is 6.54 Å². The van der Waals surface area contributed by atoms with Gasteiger partial charge in [-0.2, -0.15) is 5.26 Å². The predicted octanol–water partition coefficient (Wildman–Crippen LogP) is 4.00. The van der Waals surface area contributed by atoms with Crippen LogP contribution in [0.25, 0.3) is 11.3 Å². The fraction of sp³-hybridized carbons (Fsp3) is 0.227. The summed E-state index contributed by atoms with van der Waals surface area (Å²) in [4.78, 5) is 11.0. The van der Waals surface area contributed by atoms with Crippen molar-refractivity contribution in [1.29, 1.82) is 5.26 Å². The van der Waals surface area contributed by atoms with Gasteiger partial charge in [0.25, 0.3) is 0 Å². The third-order valence-electron chi connectivity index (χ3n) is 5.04. The van der Waals surface area contributed by atoms with Crippen molar-refractivity contribution in [2.24, 2.45) is 0 Å². The monoisotopic (exact) mass is 340 g/mol. The number of pyridine rings is 2. The van der Waals surface area contributed by atoms with Gasteiger partial charge < -0.3 is 0 Å². The molecule has 1 unspecified atom stereocenters. The molecule has 2 aromatic heterocycles. The minimum atomic E-state index is 0.507. The highest BCUT2D eigenvalue weighted by Gasteiger charge is 2.24. The summed E-state index contributed by atoms with van der Waals surface area (Å²) in [6.45, 7) is 2.90. The first-order chi connectivity index (χ1) is 12.8. The van der Waals surface area contributed by atoms with Crippen LogP contribution in [0, 0.1) is 11.3 Å². The lowest BCUT2D eigenvalue weighted by Gasteiger charge is -2.17. The molecule has 1 fully saturated rings. The Labute approximate surface area is 153 Å². The molecule has 0 aliphatic carbocycles. The molecule has 128 valence electrons. The molecule has 0 radical (unpaired) electrons. The van der Waals surface area contributed by atoms with E-state index >= 15 is 0 Å². The summed E-state index contributed by atoms with van der Waals surface area (Å²) in [7, 11) is 0. The Kier molecular flexibility index (Phi) is 4.72. The van der Waals surface area contributed by atoms with Gasteiger partial charge in [0.15, 0.2) is 0 Å². The van der Waals surface area contributed by atoms with Gasteiger partial charge in [-0.1, -0.05) is 18.2 Å². The van der Waals surface area contributed by atoms with Crippen LogP contribution in [-0.4, -0.2) is 28.0 Å². The van der Waals surface area contributed by atoms with Gasteiger partial charge in [-0.3, -0.25) is 14.9 Å². The van der Waals surface area contributed by atoms with Gasteiger partial charge in [0, 0.05) is 37.2 Å². The molecule has 4 heteroatoms. The van der Waals surface area contributed by atoms with E-state index in [1.54, 1.807) is 12.4 Å². The Hall–Kier alpha value is -3.03. The molecule has 0 amide bonds. The van der Waals surface area contributed by atoms with E-state index < -0.39 is 0 Å². The lowest BCUT2D eigenvalue weighted by atomic mass is 9.97. The lowest BCUT2D eigenvalue weighted by Crippen LogP contribution is -2.20. The highest BCUT2D eigenvalue weighted by molar-refractivity contribution is 5.59. The largest absolute Gasteiger partial charge is 0.298 e. The summed E-state index contributed by atoms with van der Waals surface area (Å²) in [5, 5.41) is 9.28. The number of aromatic nitrogens is 2. The third-order valence-corrected chi connectivity index (χ3v) is 5.04. The Balaban J connectivity index is 1.48. The summed E-state index contributed by atoms with van der Waals surface area (Å²) in [5.41, 5.74) is 5.32. The lowest BCUT2D eigenvalue weighted by molar-refractivity contribution is 0.326. The topological polar surface area (TPSA) is 52.8 Å². The zero-order valence-corrected chi connectivity index (χ0v) is 14.5. The maximum atomic E-state index is 9.28. The Morgan fingerprint density at radius 3 is 2.77 bits per heavy atom. The van der Waals surface area contributed by atoms with Crippen LogP contribution >= 0.6 is 0 Å². The Morgan fingerprint density at radius 1 is 1.08 bits per heavy atom. The second-order valence-corrected chi connectivity index (χ2v) is 6.70. The van der Waals surface area contributed by atoms with Crippen molar-refractivity contribution >= 4 is 0 Å². The predicted molar refractivity (Wildman–Crippen MR) is 101 cm³/mol. The van der Waals surface area contributed by atoms with Crippen LogP contribution in [0.3, 0.4) is 0 Å². The van der Waals surface area contributed by atoms with Gasteiger partial charge in [0.2, 0.25) is 0 Å². The van der Waals surface area contributed by atoms with E-state index in [9.17, 15) is 5.26 Å². The normalized spacial score (nSPS) is 17.1. The average molecular weight is 340 g/mol. The summed E-state index contributed by atoms with van der Waals surface area (Å²) in [6.07, 6.45) is 6.63. The van der Waals surface area contributed by atoms with E-state index in [1.807, 2.05) is 36.5 Å². The minimum Gasteiger partial charge on any atom is -0.298 e. The van der Waals surface area contributed by atoms with Crippen LogP contribution in [0.2, 0.25) is 0 Å². The number of hydrogen-bond donors (Lipinski definition) is 0. The maximum absolute atomic E-state index is 9.28. The zero-order valence-electron chi connectivity index (χ0n) is 14.5. The fourth-order valence-corrected chi connectivity index (χ4v) is 3.64. The van der Waals surface area contributed by atoms with Crippen LogP contribution in [0.5, 0.6) is 0 Å². The number of rotatable bonds is 4. The fourth-order valence-electron chi connectivity index (χ4n) is 3.64. The highest BCUT2D eigenvalue weighted by Crippen LogP contribution is 2.30. The smallest absolute Gasteiger partial charge is 0.0995 e. The molecular weight excluding hydrogens is 320 g/mol. The second kappa shape index (κ2) is 7.47. The molecule has 26 heavy (non-hydrogen) atoms. The summed E-state index contributed by atoms with van der Waals surface area (Å²) < 4.78 is 0. The minimum absolute atomic E-state index is 0.507. The molecule has 1 aromatic carbocycles. The maximum Gasteiger partial charge on any atom is 0.0995 e. The Bertz CT molecular complexity index is 930. The van der Waals surface area contributed by atoms with Crippen LogP contribution < -0.4 is 0 Å². The van der Waals surface area contributed by atoms with E-state index in [0.29, 0.717) is 5.92 Å². The Morgan fingerprint density at radius 2 is 1.92 bits per heavy atom. The summed E-state index contributed by atoms with van der Waals surface area (Å²) in [5.74, 6) is 0.507. The van der Waals surface area contributed by atoms with E-state index in [4.69, 9.17) is 0 Å². The van der Waals surface area contributed by atoms with Crippen molar-refractivity contribution in [2.75, 3.05) is 13.1 Å². The molecule has 0 bridgehead atoms. The first-order valence-electron chi connectivity index (χ1n) is 8.90. The molecule has 4 nitrogen and oxygen atoms in total. The second-order valence-electron chi connectivity index (χ2n) is 6.70. The molecular formula is C22H20N4. The van der Waals surface area contributed by atoms with E-state index in [1.165, 1.54) is 5.56 Å². The van der Waals surface area contributed by atoms with Gasteiger partial charge in [-0.05, 0) is 60.3 Å². The van der Waals surface area contributed by atoms with Crippen molar-refractivity contribution in [3.63, 3.8) is 0 Å². The van der Waals surface area contributed by atoms with E-state index in [0.717, 1.165) is 48.4 Å². The number of hydrogen-bond acceptors (Lipinski definition) is 4. The molecule has 0 spiro atoms. The van der Waals surface area contributed by atoms with Crippen LogP contribution in [0.4, 0.5) is 0 Å². The zero-order chi connectivity index (χ0) is 17.8. The molecule has 1 atom stereocenters. The summed E-state index contributed by atoms with van der Waals surface area (Å²) >= 11 is 0. The molecule has 1 aliphatic heterocycles. The molecule has 4 rings (SSSR count). The quantitative estimate of drug-likeness (QED) is 0.720. The molecule has 1 aliphatic rings. The number of nitriles is 1. The van der Waals surface area contributed by atoms with Gasteiger partial charge >= 0.3 is 0 Å². The first-order valence-corrected chi connectivity index (χ1v) is 8.90. The molecule has 3 heterocycles. The number of likely N-dealkylation sites (tertiary alicyclic amines) is 1. The SMILES string of the molecule is N#Cc1ccccc1CN1CCC(c2ccnc(-c3ccncc3)c2)C1. The van der Waals surface area contributed by atoms with E-state index in [2.05, 4.69) is 39.1 Å². The van der Waals surface area contributed by atoms with Crippen molar-refractivity contribution in [2.45, 2.75) is 18.9 Å². The first kappa shape index (κ1) is 16.4. The van der Waals surface area contributed by atoms with Gasteiger partial charge in [0.1, 0.15) is 0 Å². The van der Waals surface area contributed by atoms with Crippen molar-refractivity contribution in [1.82, 2.24) is 14.9 Å². The van der Waals surface area contributed by atoms with Crippen molar-refractivity contribution < 1.29 is 0 Å². The van der Waals surface area contributed by atoms with E-state index in [-0.39, 0.29) is 0 Å². The molecule has 1 saturated heterocycles. The highest BCUT2D eigenvalue weighted by atomic mass is 15.1. The van der Waals surface area contributed by atoms with Gasteiger partial charge in [-0.15, -0.1) is 0 Å². The van der Waals surface area contributed by atoms with Gasteiger partial charge in [0.05, 0.1) is 17.3 Å². The van der Waals surface area contributed by atoms with Crippen molar-refractivity contribution in [3.8, 4) is 17.3 Å². The van der Waals surface area contributed by atoms with Gasteiger partial charge in [-0.25, -0.2) is 0 Å². The van der Waals surface area contributed by atoms with Crippen LogP contribution in [0.1, 0.15) is 29.0 Å². The van der Waals surface area contributed by atoms with Crippen LogP contribution in [0.15, 0.2) is 67.1 Å². The van der Waals surface area contributed by atoms with Crippen molar-refractivity contribution in [3.05, 3.63) is 83.8 Å². The number of nitrogens with zero attached hydrogens (tertiary/aromatic N) is 4. The molecule has 0 N–H and O–H groups in total. The number of benzene rings is 1. The average Bonchev–Trinajstić information content (AvgIpc) is 3.18. The summed E-state index contributed by atoms with van der Waals surface area (Å²) in [6, 6.07) is 18.5. The standard InChI is InChI=1S/C22H20N4/c23-14-19-3-1-2-4-20(19)15-26-12-8-21(16-26)18-7-11-25-22(13-18)17-5-9-24-10-6-17/h1-7,9-11,13,21H,8,12,15-16H2. The molecule has 3 aromatic rings. The third kappa shape index (κ3) is 3.49.